The molecule has 2 N–H and O–H groups in total. The smallest absolute Gasteiger partial charge is 0.291 e. The van der Waals surface area contributed by atoms with Crippen LogP contribution in [0, 0.1) is 6.92 Å². The number of rotatable bonds is 8. The molecule has 218 valence electrons. The molecule has 1 saturated heterocycles. The van der Waals surface area contributed by atoms with Crippen LogP contribution in [0.5, 0.6) is 0 Å². The molecule has 9 nitrogen and oxygen atoms in total. The lowest BCUT2D eigenvalue weighted by Crippen LogP contribution is -2.47. The van der Waals surface area contributed by atoms with E-state index in [1.807, 2.05) is 55.7 Å². The summed E-state index contributed by atoms with van der Waals surface area (Å²) in [5.74, 6) is -0.390. The minimum absolute atomic E-state index is 0.206. The lowest BCUT2D eigenvalue weighted by atomic mass is 10.1. The third-order valence-electron chi connectivity index (χ3n) is 7.72. The average Bonchev–Trinajstić information content (AvgIpc) is 3.73. The highest BCUT2D eigenvalue weighted by molar-refractivity contribution is 6.05. The number of piperazine rings is 1. The van der Waals surface area contributed by atoms with Crippen LogP contribution in [0.1, 0.15) is 32.0 Å². The van der Waals surface area contributed by atoms with E-state index in [4.69, 9.17) is 4.42 Å². The lowest BCUT2D eigenvalue weighted by molar-refractivity contribution is 0.0949. The van der Waals surface area contributed by atoms with Crippen LogP contribution in [0.15, 0.2) is 102 Å². The molecule has 5 aromatic rings. The highest BCUT2D eigenvalue weighted by Crippen LogP contribution is 2.30. The first kappa shape index (κ1) is 27.8. The van der Waals surface area contributed by atoms with Crippen LogP contribution >= 0.6 is 0 Å². The van der Waals surface area contributed by atoms with Crippen molar-refractivity contribution in [2.45, 2.75) is 13.5 Å². The number of nitrogens with one attached hydrogen (secondary N) is 2. The van der Waals surface area contributed by atoms with Crippen molar-refractivity contribution in [1.29, 1.82) is 0 Å². The largest absolute Gasteiger partial charge is 0.459 e. The standard InChI is InChI=1S/C34H34N6O3/c1-24-7-3-4-10-30(24)39-16-18-40(19-17-39)31-13-12-27(22-29(31)36-34(42)32-11-6-20-43-32)33(41)35-23-25-8-5-9-26(21-25)28-14-15-38(2)37-28/h3-15,20-22H,16-19,23H2,1-2H3,(H,35,41)(H,36,42). The number of hydrogen-bond acceptors (Lipinski definition) is 6. The van der Waals surface area contributed by atoms with Crippen molar-refractivity contribution >= 4 is 28.9 Å². The average molecular weight is 575 g/mol. The van der Waals surface area contributed by atoms with Crippen LogP contribution in [0.25, 0.3) is 11.3 Å². The number of anilines is 3. The summed E-state index contributed by atoms with van der Waals surface area (Å²) in [5, 5.41) is 10.5. The van der Waals surface area contributed by atoms with Crippen LogP contribution in [0.2, 0.25) is 0 Å². The number of para-hydroxylation sites is 1. The van der Waals surface area contributed by atoms with Crippen LogP contribution in [0.4, 0.5) is 17.1 Å². The zero-order valence-electron chi connectivity index (χ0n) is 24.3. The number of aromatic nitrogens is 2. The summed E-state index contributed by atoms with van der Waals surface area (Å²) in [6.07, 6.45) is 3.37. The molecule has 0 saturated carbocycles. The summed E-state index contributed by atoms with van der Waals surface area (Å²) >= 11 is 0. The number of furan rings is 1. The van der Waals surface area contributed by atoms with Gasteiger partial charge in [-0.1, -0.05) is 36.4 Å². The Morgan fingerprint density at radius 1 is 0.837 bits per heavy atom. The Kier molecular flexibility index (Phi) is 7.95. The molecule has 6 rings (SSSR count). The van der Waals surface area contributed by atoms with E-state index in [1.165, 1.54) is 17.5 Å². The molecule has 3 aromatic carbocycles. The summed E-state index contributed by atoms with van der Waals surface area (Å²) in [6.45, 7) is 5.72. The van der Waals surface area contributed by atoms with Crippen molar-refractivity contribution < 1.29 is 14.0 Å². The van der Waals surface area contributed by atoms with E-state index in [1.54, 1.807) is 22.9 Å². The second kappa shape index (κ2) is 12.3. The maximum absolute atomic E-state index is 13.3. The lowest BCUT2D eigenvalue weighted by Gasteiger charge is -2.38. The predicted molar refractivity (Wildman–Crippen MR) is 169 cm³/mol. The first-order chi connectivity index (χ1) is 20.9. The van der Waals surface area contributed by atoms with Crippen LogP contribution in [-0.4, -0.2) is 47.8 Å². The Bertz CT molecular complexity index is 1730. The van der Waals surface area contributed by atoms with Gasteiger partial charge in [0.25, 0.3) is 11.8 Å². The number of carbonyl (C=O) groups excluding carboxylic acids is 2. The maximum atomic E-state index is 13.3. The second-order valence-electron chi connectivity index (χ2n) is 10.7. The SMILES string of the molecule is Cc1ccccc1N1CCN(c2ccc(C(=O)NCc3cccc(-c4ccn(C)n4)c3)cc2NC(=O)c2ccco2)CC1. The van der Waals surface area contributed by atoms with Crippen LogP contribution in [-0.2, 0) is 13.6 Å². The molecule has 0 aliphatic carbocycles. The number of hydrogen-bond donors (Lipinski definition) is 2. The molecule has 0 bridgehead atoms. The topological polar surface area (TPSA) is 95.6 Å². The van der Waals surface area contributed by atoms with Gasteiger partial charge in [-0.2, -0.15) is 5.10 Å². The van der Waals surface area contributed by atoms with Gasteiger partial charge in [-0.15, -0.1) is 0 Å². The van der Waals surface area contributed by atoms with E-state index in [2.05, 4.69) is 56.7 Å². The van der Waals surface area contributed by atoms with E-state index >= 15 is 0 Å². The quantitative estimate of drug-likeness (QED) is 0.254. The van der Waals surface area contributed by atoms with Crippen molar-refractivity contribution in [3.05, 3.63) is 120 Å². The van der Waals surface area contributed by atoms with Gasteiger partial charge in [-0.25, -0.2) is 0 Å². The minimum Gasteiger partial charge on any atom is -0.459 e. The normalized spacial score (nSPS) is 13.2. The number of benzene rings is 3. The number of amides is 2. The molecule has 0 spiro atoms. The van der Waals surface area contributed by atoms with Gasteiger partial charge >= 0.3 is 0 Å². The van der Waals surface area contributed by atoms with Crippen molar-refractivity contribution in [3.8, 4) is 11.3 Å². The van der Waals surface area contributed by atoms with E-state index in [0.29, 0.717) is 17.8 Å². The van der Waals surface area contributed by atoms with Gasteiger partial charge in [-0.05, 0) is 66.6 Å². The third kappa shape index (κ3) is 6.30. The van der Waals surface area contributed by atoms with Crippen LogP contribution < -0.4 is 20.4 Å². The van der Waals surface area contributed by atoms with Gasteiger partial charge in [-0.3, -0.25) is 14.3 Å². The van der Waals surface area contributed by atoms with Gasteiger partial charge in [0.1, 0.15) is 0 Å². The molecular weight excluding hydrogens is 540 g/mol. The molecule has 2 amide bonds. The fraction of sp³-hybridized carbons (Fsp3) is 0.206. The van der Waals surface area contributed by atoms with E-state index in [0.717, 1.165) is 48.7 Å². The van der Waals surface area contributed by atoms with E-state index in [9.17, 15) is 9.59 Å². The van der Waals surface area contributed by atoms with E-state index < -0.39 is 0 Å². The molecule has 2 aromatic heterocycles. The maximum Gasteiger partial charge on any atom is 0.291 e. The predicted octanol–water partition coefficient (Wildman–Crippen LogP) is 5.50. The molecule has 0 radical (unpaired) electrons. The van der Waals surface area contributed by atoms with Gasteiger partial charge in [0.05, 0.1) is 23.3 Å². The summed E-state index contributed by atoms with van der Waals surface area (Å²) in [4.78, 5) is 30.9. The van der Waals surface area contributed by atoms with Gasteiger partial charge in [0, 0.05) is 62.8 Å². The Hall–Kier alpha value is -5.31. The van der Waals surface area contributed by atoms with Gasteiger partial charge in [0.2, 0.25) is 0 Å². The highest BCUT2D eigenvalue weighted by atomic mass is 16.3. The monoisotopic (exact) mass is 574 g/mol. The summed E-state index contributed by atoms with van der Waals surface area (Å²) < 4.78 is 7.08. The Labute approximate surface area is 250 Å². The Balaban J connectivity index is 1.19. The number of carbonyl (C=O) groups is 2. The third-order valence-corrected chi connectivity index (χ3v) is 7.72. The zero-order valence-corrected chi connectivity index (χ0v) is 24.3. The molecule has 9 heteroatoms. The first-order valence-corrected chi connectivity index (χ1v) is 14.4. The molecule has 43 heavy (non-hydrogen) atoms. The minimum atomic E-state index is -0.367. The number of aryl methyl sites for hydroxylation is 2. The second-order valence-corrected chi connectivity index (χ2v) is 10.7. The zero-order chi connectivity index (χ0) is 29.8. The van der Waals surface area contributed by atoms with E-state index in [-0.39, 0.29) is 17.6 Å². The molecule has 1 aliphatic rings. The highest BCUT2D eigenvalue weighted by Gasteiger charge is 2.23. The van der Waals surface area contributed by atoms with Crippen LogP contribution in [0.3, 0.4) is 0 Å². The molecule has 0 atom stereocenters. The molecular formula is C34H34N6O3. The fourth-order valence-corrected chi connectivity index (χ4v) is 5.45. The molecule has 0 unspecified atom stereocenters. The van der Waals surface area contributed by atoms with Crippen molar-refractivity contribution in [1.82, 2.24) is 15.1 Å². The first-order valence-electron chi connectivity index (χ1n) is 14.4. The van der Waals surface area contributed by atoms with Gasteiger partial charge < -0.3 is 24.9 Å². The molecule has 1 aliphatic heterocycles. The molecule has 3 heterocycles. The van der Waals surface area contributed by atoms with Gasteiger partial charge in [0.15, 0.2) is 5.76 Å². The Morgan fingerprint density at radius 2 is 1.63 bits per heavy atom. The summed E-state index contributed by atoms with van der Waals surface area (Å²) in [5.41, 5.74) is 7.21. The summed E-state index contributed by atoms with van der Waals surface area (Å²) in [6, 6.07) is 27.1. The van der Waals surface area contributed by atoms with Crippen molar-refractivity contribution in [2.24, 2.45) is 7.05 Å². The Morgan fingerprint density at radius 3 is 2.35 bits per heavy atom. The number of nitrogens with zero attached hydrogens (tertiary/aromatic N) is 4. The van der Waals surface area contributed by atoms with Crippen molar-refractivity contribution in [2.75, 3.05) is 41.3 Å². The molecule has 1 fully saturated rings. The van der Waals surface area contributed by atoms with Crippen molar-refractivity contribution in [3.63, 3.8) is 0 Å². The fourth-order valence-electron chi connectivity index (χ4n) is 5.45. The summed E-state index contributed by atoms with van der Waals surface area (Å²) in [7, 11) is 1.88.